The van der Waals surface area contributed by atoms with Crippen LogP contribution >= 0.6 is 0 Å². The number of carbonyl (C=O) groups is 1. The number of Topliss-reactive ketones (excluding diaryl/α,β-unsaturated/α-hetero) is 1. The molecule has 5 heteroatoms. The first-order chi connectivity index (χ1) is 12.8. The largest absolute Gasteiger partial charge is 0.321 e. The summed E-state index contributed by atoms with van der Waals surface area (Å²) in [6, 6.07) is 20.5. The number of nitrogens with zero attached hydrogens (tertiary/aromatic N) is 2. The second kappa shape index (κ2) is 6.25. The summed E-state index contributed by atoms with van der Waals surface area (Å²) in [5.41, 5.74) is 9.98. The molecule has 4 atom stereocenters. The van der Waals surface area contributed by atoms with Gasteiger partial charge in [-0.1, -0.05) is 36.4 Å². The third kappa shape index (κ3) is 2.59. The number of hydrogen-bond donors (Lipinski definition) is 2. The molecule has 2 aromatic rings. The zero-order valence-electron chi connectivity index (χ0n) is 14.5. The molecule has 2 bridgehead atoms. The van der Waals surface area contributed by atoms with E-state index >= 15 is 0 Å². The zero-order chi connectivity index (χ0) is 17.5. The van der Waals surface area contributed by atoms with Gasteiger partial charge in [-0.25, -0.2) is 5.43 Å². The summed E-state index contributed by atoms with van der Waals surface area (Å²) in [5, 5.41) is 7.01. The normalized spacial score (nSPS) is 29.5. The Balaban J connectivity index is 1.38. The molecule has 0 amide bonds. The van der Waals surface area contributed by atoms with E-state index in [1.54, 1.807) is 0 Å². The summed E-state index contributed by atoms with van der Waals surface area (Å²) in [4.78, 5) is 12.8. The molecule has 132 valence electrons. The van der Waals surface area contributed by atoms with Crippen molar-refractivity contribution in [2.24, 2.45) is 16.9 Å². The van der Waals surface area contributed by atoms with Crippen molar-refractivity contribution in [3.63, 3.8) is 0 Å². The van der Waals surface area contributed by atoms with Crippen LogP contribution in [0.15, 0.2) is 65.8 Å². The van der Waals surface area contributed by atoms with Crippen molar-refractivity contribution in [2.75, 3.05) is 10.4 Å². The number of hydrazone groups is 1. The third-order valence-electron chi connectivity index (χ3n) is 5.89. The molecule has 2 N–H and O–H groups in total. The number of carbonyl (C=O) groups excluding carboxylic acids is 1. The summed E-state index contributed by atoms with van der Waals surface area (Å²) in [6.07, 6.45) is 2.31. The highest BCUT2D eigenvalue weighted by Gasteiger charge is 2.51. The molecule has 1 aliphatic heterocycles. The van der Waals surface area contributed by atoms with E-state index in [9.17, 15) is 4.79 Å². The molecule has 2 fully saturated rings. The second-order valence-corrected chi connectivity index (χ2v) is 7.40. The van der Waals surface area contributed by atoms with E-state index in [0.717, 1.165) is 24.2 Å². The minimum atomic E-state index is 0.0714. The highest BCUT2D eigenvalue weighted by Crippen LogP contribution is 2.44. The van der Waals surface area contributed by atoms with Crippen LogP contribution in [0.25, 0.3) is 0 Å². The van der Waals surface area contributed by atoms with Crippen molar-refractivity contribution >= 4 is 22.9 Å². The molecule has 0 radical (unpaired) electrons. The number of benzene rings is 2. The fourth-order valence-corrected chi connectivity index (χ4v) is 4.59. The molecule has 2 aromatic carbocycles. The van der Waals surface area contributed by atoms with Gasteiger partial charge in [-0.3, -0.25) is 9.80 Å². The van der Waals surface area contributed by atoms with Crippen molar-refractivity contribution in [1.82, 2.24) is 5.43 Å². The van der Waals surface area contributed by atoms with Gasteiger partial charge in [0.05, 0.1) is 11.7 Å². The van der Waals surface area contributed by atoms with Gasteiger partial charge in [-0.05, 0) is 30.7 Å². The van der Waals surface area contributed by atoms with Crippen LogP contribution in [0.1, 0.15) is 19.3 Å². The van der Waals surface area contributed by atoms with Crippen molar-refractivity contribution in [1.29, 1.82) is 0 Å². The van der Waals surface area contributed by atoms with Gasteiger partial charge in [-0.2, -0.15) is 5.10 Å². The molecule has 0 spiro atoms. The Labute approximate surface area is 153 Å². The van der Waals surface area contributed by atoms with E-state index < -0.39 is 0 Å². The molecule has 26 heavy (non-hydrogen) atoms. The van der Waals surface area contributed by atoms with Crippen molar-refractivity contribution < 1.29 is 4.79 Å². The molecule has 1 heterocycles. The van der Waals surface area contributed by atoms with E-state index in [1.807, 2.05) is 48.5 Å². The van der Waals surface area contributed by atoms with Gasteiger partial charge in [0.25, 0.3) is 0 Å². The van der Waals surface area contributed by atoms with Gasteiger partial charge in [-0.15, -0.1) is 0 Å². The maximum absolute atomic E-state index is 12.8. The summed E-state index contributed by atoms with van der Waals surface area (Å²) in [5.74, 6) is 0.838. The molecule has 0 saturated heterocycles. The summed E-state index contributed by atoms with van der Waals surface area (Å²) in [6.45, 7) is 0. The van der Waals surface area contributed by atoms with E-state index in [2.05, 4.69) is 28.0 Å². The first kappa shape index (κ1) is 15.6. The van der Waals surface area contributed by atoms with Crippen LogP contribution in [0.3, 0.4) is 0 Å². The molecule has 0 aromatic heterocycles. The molecule has 1 unspecified atom stereocenters. The van der Waals surface area contributed by atoms with Gasteiger partial charge in [0.2, 0.25) is 0 Å². The lowest BCUT2D eigenvalue weighted by molar-refractivity contribution is -0.126. The van der Waals surface area contributed by atoms with Crippen LogP contribution in [-0.4, -0.2) is 23.6 Å². The third-order valence-corrected chi connectivity index (χ3v) is 5.89. The van der Waals surface area contributed by atoms with Crippen molar-refractivity contribution in [2.45, 2.75) is 31.3 Å². The number of anilines is 2. The average molecular weight is 346 g/mol. The number of hydrogen-bond acceptors (Lipinski definition) is 5. The standard InChI is InChI=1S/C21H22N4O/c26-21-13-20-16-11-17(21)18(23-22-14-7-3-1-4-8-14)12-19(16)24-25(20)15-9-5-2-6-10-15/h1-10,16-18,20,22-23H,11-13H2/t16?,17-,18-,20-/m1/s1. The number of rotatable bonds is 4. The van der Waals surface area contributed by atoms with Gasteiger partial charge < -0.3 is 5.43 Å². The minimum Gasteiger partial charge on any atom is -0.321 e. The van der Waals surface area contributed by atoms with Crippen molar-refractivity contribution in [3.05, 3.63) is 60.7 Å². The summed E-state index contributed by atoms with van der Waals surface area (Å²) < 4.78 is 0. The smallest absolute Gasteiger partial charge is 0.139 e. The zero-order valence-corrected chi connectivity index (χ0v) is 14.5. The number of ketones is 1. The number of nitrogens with one attached hydrogen (secondary N) is 2. The van der Waals surface area contributed by atoms with Crippen LogP contribution in [0.2, 0.25) is 0 Å². The lowest BCUT2D eigenvalue weighted by Crippen LogP contribution is -2.55. The Kier molecular flexibility index (Phi) is 3.75. The Morgan fingerprint density at radius 3 is 2.42 bits per heavy atom. The van der Waals surface area contributed by atoms with Crippen LogP contribution < -0.4 is 15.9 Å². The van der Waals surface area contributed by atoms with Gasteiger partial charge in [0.15, 0.2) is 0 Å². The van der Waals surface area contributed by atoms with Crippen LogP contribution in [0.4, 0.5) is 11.4 Å². The molecule has 5 nitrogen and oxygen atoms in total. The highest BCUT2D eigenvalue weighted by atomic mass is 16.1. The maximum Gasteiger partial charge on any atom is 0.139 e. The lowest BCUT2D eigenvalue weighted by Gasteiger charge is -2.41. The van der Waals surface area contributed by atoms with Crippen LogP contribution in [0.5, 0.6) is 0 Å². The maximum atomic E-state index is 12.8. The number of para-hydroxylation sites is 2. The topological polar surface area (TPSA) is 56.7 Å². The SMILES string of the molecule is O=C1C[C@@H]2C3C[C@@H]1[C@H](NNc1ccccc1)CC3=NN2c1ccccc1. The molecule has 5 rings (SSSR count). The van der Waals surface area contributed by atoms with E-state index in [0.29, 0.717) is 18.1 Å². The summed E-state index contributed by atoms with van der Waals surface area (Å²) >= 11 is 0. The van der Waals surface area contributed by atoms with E-state index in [4.69, 9.17) is 5.10 Å². The first-order valence-electron chi connectivity index (χ1n) is 9.30. The van der Waals surface area contributed by atoms with Crippen LogP contribution in [-0.2, 0) is 4.79 Å². The predicted molar refractivity (Wildman–Crippen MR) is 103 cm³/mol. The lowest BCUT2D eigenvalue weighted by atomic mass is 9.66. The number of fused-ring (bicyclic) bond motifs is 1. The fourth-order valence-electron chi connectivity index (χ4n) is 4.59. The average Bonchev–Trinajstić information content (AvgIpc) is 3.07. The Morgan fingerprint density at radius 1 is 0.923 bits per heavy atom. The van der Waals surface area contributed by atoms with Gasteiger partial charge in [0.1, 0.15) is 5.78 Å². The highest BCUT2D eigenvalue weighted by molar-refractivity contribution is 5.98. The molecular weight excluding hydrogens is 324 g/mol. The first-order valence-corrected chi connectivity index (χ1v) is 9.30. The van der Waals surface area contributed by atoms with Gasteiger partial charge in [0, 0.05) is 42.1 Å². The predicted octanol–water partition coefficient (Wildman–Crippen LogP) is 3.22. The molecule has 2 aliphatic carbocycles. The van der Waals surface area contributed by atoms with E-state index in [-0.39, 0.29) is 18.0 Å². The quantitative estimate of drug-likeness (QED) is 0.835. The Bertz CT molecular complexity index is 836. The Hall–Kier alpha value is -2.66. The number of hydrazine groups is 1. The minimum absolute atomic E-state index is 0.0714. The fraction of sp³-hybridized carbons (Fsp3) is 0.333. The van der Waals surface area contributed by atoms with Crippen molar-refractivity contribution in [3.8, 4) is 0 Å². The molecular formula is C21H22N4O. The second-order valence-electron chi connectivity index (χ2n) is 7.40. The van der Waals surface area contributed by atoms with Crippen LogP contribution in [0, 0.1) is 11.8 Å². The Morgan fingerprint density at radius 2 is 1.65 bits per heavy atom. The van der Waals surface area contributed by atoms with E-state index in [1.165, 1.54) is 5.71 Å². The molecule has 3 aliphatic rings. The molecule has 2 saturated carbocycles. The monoisotopic (exact) mass is 346 g/mol. The summed E-state index contributed by atoms with van der Waals surface area (Å²) in [7, 11) is 0. The van der Waals surface area contributed by atoms with Gasteiger partial charge >= 0.3 is 0 Å².